The van der Waals surface area contributed by atoms with E-state index >= 15 is 0 Å². The molecule has 15 heavy (non-hydrogen) atoms. The molecule has 2 unspecified atom stereocenters. The zero-order valence-corrected chi connectivity index (χ0v) is 9.25. The number of hydrogen-bond donors (Lipinski definition) is 0. The molecule has 0 spiro atoms. The largest absolute Gasteiger partial charge is 0.299 e. The topological polar surface area (TPSA) is 34.1 Å². The van der Waals surface area contributed by atoms with Gasteiger partial charge in [-0.25, -0.2) is 0 Å². The van der Waals surface area contributed by atoms with Crippen LogP contribution in [0.3, 0.4) is 0 Å². The van der Waals surface area contributed by atoms with Crippen molar-refractivity contribution in [1.82, 2.24) is 0 Å². The van der Waals surface area contributed by atoms with Crippen LogP contribution in [0.5, 0.6) is 0 Å². The highest BCUT2D eigenvalue weighted by molar-refractivity contribution is 6.10. The van der Waals surface area contributed by atoms with E-state index in [4.69, 9.17) is 0 Å². The number of Topliss-reactive ketones (excluding diaryl/α,β-unsaturated/α-hetero) is 2. The first-order valence-electron chi connectivity index (χ1n) is 5.84. The summed E-state index contributed by atoms with van der Waals surface area (Å²) in [6.07, 6.45) is 2.48. The zero-order chi connectivity index (χ0) is 10.7. The van der Waals surface area contributed by atoms with Gasteiger partial charge >= 0.3 is 0 Å². The van der Waals surface area contributed by atoms with E-state index in [1.165, 1.54) is 11.1 Å². The van der Waals surface area contributed by atoms with Crippen LogP contribution in [0, 0.1) is 23.7 Å². The molecule has 3 fully saturated rings. The van der Waals surface area contributed by atoms with E-state index in [-0.39, 0.29) is 29.8 Å². The molecule has 0 radical (unpaired) electrons. The van der Waals surface area contributed by atoms with Crippen LogP contribution in [0.2, 0.25) is 0 Å². The quantitative estimate of drug-likeness (QED) is 0.447. The van der Waals surface area contributed by atoms with E-state index < -0.39 is 0 Å². The Labute approximate surface area is 89.7 Å². The maximum atomic E-state index is 11.8. The molecule has 0 heterocycles. The van der Waals surface area contributed by atoms with Crippen molar-refractivity contribution in [1.29, 1.82) is 0 Å². The molecule has 4 atom stereocenters. The van der Waals surface area contributed by atoms with Gasteiger partial charge in [0.15, 0.2) is 0 Å². The molecule has 0 aliphatic heterocycles. The lowest BCUT2D eigenvalue weighted by atomic mass is 9.81. The second-order valence-electron chi connectivity index (χ2n) is 5.41. The molecule has 3 aliphatic rings. The first-order chi connectivity index (χ1) is 7.11. The second kappa shape index (κ2) is 2.81. The summed E-state index contributed by atoms with van der Waals surface area (Å²) in [7, 11) is 0. The van der Waals surface area contributed by atoms with Gasteiger partial charge in [-0.1, -0.05) is 11.1 Å². The average molecular weight is 204 g/mol. The van der Waals surface area contributed by atoms with Gasteiger partial charge in [0, 0.05) is 11.8 Å². The lowest BCUT2D eigenvalue weighted by Gasteiger charge is -2.20. The molecule has 80 valence electrons. The van der Waals surface area contributed by atoms with Crippen molar-refractivity contribution in [2.45, 2.75) is 33.1 Å². The fraction of sp³-hybridized carbons (Fsp3) is 0.692. The smallest absolute Gasteiger partial charge is 0.144 e. The fourth-order valence-corrected chi connectivity index (χ4v) is 4.19. The molecule has 3 rings (SSSR count). The minimum atomic E-state index is 0.0705. The molecule has 3 saturated carbocycles. The fourth-order valence-electron chi connectivity index (χ4n) is 4.19. The van der Waals surface area contributed by atoms with Gasteiger partial charge in [-0.05, 0) is 38.5 Å². The third-order valence-electron chi connectivity index (χ3n) is 4.51. The Kier molecular flexibility index (Phi) is 1.74. The van der Waals surface area contributed by atoms with Gasteiger partial charge in [-0.15, -0.1) is 0 Å². The van der Waals surface area contributed by atoms with E-state index in [0.29, 0.717) is 11.8 Å². The first-order valence-corrected chi connectivity index (χ1v) is 5.84. The van der Waals surface area contributed by atoms with Gasteiger partial charge in [-0.3, -0.25) is 9.59 Å². The van der Waals surface area contributed by atoms with Crippen molar-refractivity contribution in [2.24, 2.45) is 23.7 Å². The number of carbonyl (C=O) groups is 2. The summed E-state index contributed by atoms with van der Waals surface area (Å²) >= 11 is 0. The normalized spacial score (nSPS) is 42.7. The van der Waals surface area contributed by atoms with Crippen molar-refractivity contribution in [3.05, 3.63) is 11.1 Å². The maximum absolute atomic E-state index is 11.8. The Morgan fingerprint density at radius 1 is 1.00 bits per heavy atom. The minimum absolute atomic E-state index is 0.0705. The second-order valence-corrected chi connectivity index (χ2v) is 5.41. The van der Waals surface area contributed by atoms with Crippen molar-refractivity contribution >= 4 is 11.6 Å². The molecular weight excluding hydrogens is 188 g/mol. The zero-order valence-electron chi connectivity index (χ0n) is 9.25. The summed E-state index contributed by atoms with van der Waals surface area (Å²) in [6.45, 7) is 4.24. The number of rotatable bonds is 0. The van der Waals surface area contributed by atoms with Gasteiger partial charge in [0.1, 0.15) is 11.6 Å². The monoisotopic (exact) mass is 204 g/mol. The van der Waals surface area contributed by atoms with Crippen molar-refractivity contribution < 1.29 is 9.59 Å². The van der Waals surface area contributed by atoms with E-state index in [1.807, 2.05) is 0 Å². The molecule has 2 bridgehead atoms. The molecule has 0 aromatic rings. The summed E-state index contributed by atoms with van der Waals surface area (Å²) in [5, 5.41) is 0. The third-order valence-corrected chi connectivity index (χ3v) is 4.51. The molecule has 0 N–H and O–H groups in total. The average Bonchev–Trinajstić information content (AvgIpc) is 2.77. The maximum Gasteiger partial charge on any atom is 0.144 e. The first kappa shape index (κ1) is 9.32. The SMILES string of the molecule is CC(C)=C1[C@@H]2CC[C@@H]1C1C(=O)CC(=O)C12. The summed E-state index contributed by atoms with van der Waals surface area (Å²) < 4.78 is 0. The number of hydrogen-bond acceptors (Lipinski definition) is 2. The number of carbonyl (C=O) groups excluding carboxylic acids is 2. The van der Waals surface area contributed by atoms with Gasteiger partial charge in [0.05, 0.1) is 6.42 Å². The van der Waals surface area contributed by atoms with Gasteiger partial charge in [0.2, 0.25) is 0 Å². The highest BCUT2D eigenvalue weighted by Gasteiger charge is 2.59. The van der Waals surface area contributed by atoms with E-state index in [0.717, 1.165) is 12.8 Å². The lowest BCUT2D eigenvalue weighted by molar-refractivity contribution is -0.123. The van der Waals surface area contributed by atoms with E-state index in [9.17, 15) is 9.59 Å². The van der Waals surface area contributed by atoms with Crippen LogP contribution >= 0.6 is 0 Å². The van der Waals surface area contributed by atoms with Gasteiger partial charge in [0.25, 0.3) is 0 Å². The Balaban J connectivity index is 2.10. The molecule has 0 aromatic carbocycles. The molecule has 3 aliphatic carbocycles. The highest BCUT2D eigenvalue weighted by atomic mass is 16.2. The van der Waals surface area contributed by atoms with E-state index in [2.05, 4.69) is 13.8 Å². The summed E-state index contributed by atoms with van der Waals surface area (Å²) in [4.78, 5) is 23.6. The predicted molar refractivity (Wildman–Crippen MR) is 56.2 cm³/mol. The van der Waals surface area contributed by atoms with Crippen LogP contribution in [0.15, 0.2) is 11.1 Å². The highest BCUT2D eigenvalue weighted by Crippen LogP contribution is 2.59. The molecular formula is C13H16O2. The lowest BCUT2D eigenvalue weighted by Crippen LogP contribution is -2.24. The van der Waals surface area contributed by atoms with E-state index in [1.54, 1.807) is 0 Å². The van der Waals surface area contributed by atoms with Crippen molar-refractivity contribution in [2.75, 3.05) is 0 Å². The van der Waals surface area contributed by atoms with Crippen LogP contribution in [0.1, 0.15) is 33.1 Å². The number of fused-ring (bicyclic) bond motifs is 5. The Morgan fingerprint density at radius 3 is 1.87 bits per heavy atom. The molecule has 2 nitrogen and oxygen atoms in total. The third kappa shape index (κ3) is 1.000. The van der Waals surface area contributed by atoms with Crippen LogP contribution < -0.4 is 0 Å². The van der Waals surface area contributed by atoms with Crippen LogP contribution in [-0.4, -0.2) is 11.6 Å². The molecule has 0 aromatic heterocycles. The Bertz CT molecular complexity index is 357. The standard InChI is InChI=1S/C13H16O2/c1-6(2)11-7-3-4-8(11)13-10(15)5-9(14)12(7)13/h7-8,12-13H,3-5H2,1-2H3/t7-,8-,12?,13?/m0/s1. The van der Waals surface area contributed by atoms with Crippen molar-refractivity contribution in [3.63, 3.8) is 0 Å². The van der Waals surface area contributed by atoms with Gasteiger partial charge in [-0.2, -0.15) is 0 Å². The summed E-state index contributed by atoms with van der Waals surface area (Å²) in [6, 6.07) is 0. The van der Waals surface area contributed by atoms with Crippen LogP contribution in [-0.2, 0) is 9.59 Å². The molecule has 0 saturated heterocycles. The van der Waals surface area contributed by atoms with Crippen LogP contribution in [0.4, 0.5) is 0 Å². The number of ketones is 2. The summed E-state index contributed by atoms with van der Waals surface area (Å²) in [5.41, 5.74) is 2.80. The van der Waals surface area contributed by atoms with Gasteiger partial charge < -0.3 is 0 Å². The Morgan fingerprint density at radius 2 is 1.47 bits per heavy atom. The Hall–Kier alpha value is -0.920. The predicted octanol–water partition coefficient (Wildman–Crippen LogP) is 2.14. The molecule has 0 amide bonds. The number of allylic oxidation sites excluding steroid dienone is 2. The minimum Gasteiger partial charge on any atom is -0.299 e. The summed E-state index contributed by atoms with van der Waals surface area (Å²) in [5.74, 6) is 1.42. The van der Waals surface area contributed by atoms with Crippen molar-refractivity contribution in [3.8, 4) is 0 Å². The molecule has 2 heteroatoms. The van der Waals surface area contributed by atoms with Crippen LogP contribution in [0.25, 0.3) is 0 Å².